The fourth-order valence-electron chi connectivity index (χ4n) is 4.08. The summed E-state index contributed by atoms with van der Waals surface area (Å²) in [5, 5.41) is 3.12. The van der Waals surface area contributed by atoms with E-state index in [9.17, 15) is 4.79 Å². The Balaban J connectivity index is 1.47. The van der Waals surface area contributed by atoms with Crippen LogP contribution in [-0.2, 0) is 13.0 Å². The van der Waals surface area contributed by atoms with Gasteiger partial charge in [-0.1, -0.05) is 42.5 Å². The Bertz CT molecular complexity index is 1090. The summed E-state index contributed by atoms with van der Waals surface area (Å²) in [5.74, 6) is 1.16. The van der Waals surface area contributed by atoms with Crippen LogP contribution in [0.5, 0.6) is 0 Å². The molecule has 33 heavy (non-hydrogen) atoms. The quantitative estimate of drug-likeness (QED) is 0.572. The van der Waals surface area contributed by atoms with Gasteiger partial charge in [-0.3, -0.25) is 4.79 Å². The summed E-state index contributed by atoms with van der Waals surface area (Å²) in [6.45, 7) is 5.89. The third-order valence-electron chi connectivity index (χ3n) is 5.90. The number of hydrogen-bond donors (Lipinski definition) is 1. The van der Waals surface area contributed by atoms with Crippen LogP contribution in [0.25, 0.3) is 0 Å². The highest BCUT2D eigenvalue weighted by Gasteiger charge is 2.28. The third kappa shape index (κ3) is 5.49. The van der Waals surface area contributed by atoms with Gasteiger partial charge in [0.25, 0.3) is 5.91 Å². The lowest BCUT2D eigenvalue weighted by Gasteiger charge is -2.22. The molecule has 0 radical (unpaired) electrons. The molecule has 3 aromatic rings. The van der Waals surface area contributed by atoms with Gasteiger partial charge in [-0.15, -0.1) is 0 Å². The van der Waals surface area contributed by atoms with E-state index in [1.807, 2.05) is 42.0 Å². The molecule has 0 fully saturated rings. The lowest BCUT2D eigenvalue weighted by atomic mass is 10.1. The molecule has 1 aliphatic heterocycles. The maximum absolute atomic E-state index is 13.4. The summed E-state index contributed by atoms with van der Waals surface area (Å²) in [7, 11) is 4.11. The minimum absolute atomic E-state index is 0.0595. The SMILES string of the molecule is CCNc1ncc2c(n1)N(C)CCN(c1cccc(CCN(C)Cc3ccccc3)c1)C2=O. The van der Waals surface area contributed by atoms with E-state index in [0.29, 0.717) is 30.4 Å². The number of hydrogen-bond acceptors (Lipinski definition) is 6. The first kappa shape index (κ1) is 22.7. The van der Waals surface area contributed by atoms with E-state index < -0.39 is 0 Å². The standard InChI is InChI=1S/C26H32N6O/c1-4-27-26-28-18-23-24(29-26)31(3)15-16-32(25(23)33)22-12-8-11-20(17-22)13-14-30(2)19-21-9-6-5-7-10-21/h5-12,17-18H,4,13-16,19H2,1-3H3,(H,27,28,29). The second kappa shape index (κ2) is 10.4. The van der Waals surface area contributed by atoms with Crippen LogP contribution in [0.15, 0.2) is 60.8 Å². The van der Waals surface area contributed by atoms with Crippen LogP contribution >= 0.6 is 0 Å². The van der Waals surface area contributed by atoms with Crippen LogP contribution in [0.2, 0.25) is 0 Å². The summed E-state index contributed by atoms with van der Waals surface area (Å²) in [4.78, 5) is 28.5. The predicted molar refractivity (Wildman–Crippen MR) is 134 cm³/mol. The number of rotatable bonds is 8. The number of fused-ring (bicyclic) bond motifs is 1. The summed E-state index contributed by atoms with van der Waals surface area (Å²) in [5.41, 5.74) is 3.98. The third-order valence-corrected chi connectivity index (χ3v) is 5.90. The van der Waals surface area contributed by atoms with Crippen molar-refractivity contribution in [1.29, 1.82) is 0 Å². The molecule has 1 amide bonds. The van der Waals surface area contributed by atoms with E-state index in [-0.39, 0.29) is 5.91 Å². The van der Waals surface area contributed by atoms with Gasteiger partial charge in [-0.2, -0.15) is 4.98 Å². The average Bonchev–Trinajstić information content (AvgIpc) is 2.95. The predicted octanol–water partition coefficient (Wildman–Crippen LogP) is 3.68. The Hall–Kier alpha value is -3.45. The van der Waals surface area contributed by atoms with Gasteiger partial charge in [-0.05, 0) is 43.7 Å². The number of benzene rings is 2. The second-order valence-corrected chi connectivity index (χ2v) is 8.48. The topological polar surface area (TPSA) is 64.6 Å². The Kier molecular flexibility index (Phi) is 7.19. The fourth-order valence-corrected chi connectivity index (χ4v) is 4.08. The van der Waals surface area contributed by atoms with Crippen LogP contribution < -0.4 is 15.1 Å². The number of likely N-dealkylation sites (N-methyl/N-ethyl adjacent to an activating group) is 2. The molecule has 1 aliphatic rings. The van der Waals surface area contributed by atoms with Gasteiger partial charge >= 0.3 is 0 Å². The van der Waals surface area contributed by atoms with E-state index in [1.54, 1.807) is 6.20 Å². The molecule has 0 saturated carbocycles. The van der Waals surface area contributed by atoms with Gasteiger partial charge in [0.1, 0.15) is 11.4 Å². The number of carbonyl (C=O) groups excluding carboxylic acids is 1. The molecule has 4 rings (SSSR count). The highest BCUT2D eigenvalue weighted by Crippen LogP contribution is 2.27. The molecule has 1 aromatic heterocycles. The number of amides is 1. The molecular weight excluding hydrogens is 412 g/mol. The van der Waals surface area contributed by atoms with Crippen LogP contribution in [0, 0.1) is 0 Å². The van der Waals surface area contributed by atoms with Crippen LogP contribution in [-0.4, -0.2) is 61.0 Å². The maximum atomic E-state index is 13.4. The van der Waals surface area contributed by atoms with Crippen LogP contribution in [0.4, 0.5) is 17.5 Å². The molecule has 2 aromatic carbocycles. The monoisotopic (exact) mass is 444 g/mol. The lowest BCUT2D eigenvalue weighted by molar-refractivity contribution is 0.0989. The molecule has 0 atom stereocenters. The average molecular weight is 445 g/mol. The molecule has 0 bridgehead atoms. The fraction of sp³-hybridized carbons (Fsp3) is 0.346. The zero-order valence-corrected chi connectivity index (χ0v) is 19.7. The van der Waals surface area contributed by atoms with Crippen molar-refractivity contribution in [2.24, 2.45) is 0 Å². The van der Waals surface area contributed by atoms with Gasteiger partial charge in [-0.25, -0.2) is 4.98 Å². The smallest absolute Gasteiger partial charge is 0.263 e. The first-order valence-corrected chi connectivity index (χ1v) is 11.5. The molecule has 7 heteroatoms. The molecule has 7 nitrogen and oxygen atoms in total. The Morgan fingerprint density at radius 3 is 2.64 bits per heavy atom. The first-order chi connectivity index (χ1) is 16.0. The van der Waals surface area contributed by atoms with Gasteiger partial charge in [0, 0.05) is 51.7 Å². The molecule has 0 aliphatic carbocycles. The number of anilines is 3. The first-order valence-electron chi connectivity index (χ1n) is 11.5. The zero-order valence-electron chi connectivity index (χ0n) is 19.7. The Labute approximate surface area is 196 Å². The van der Waals surface area contributed by atoms with E-state index >= 15 is 0 Å². The molecule has 172 valence electrons. The van der Waals surface area contributed by atoms with Crippen molar-refractivity contribution in [3.63, 3.8) is 0 Å². The minimum Gasteiger partial charge on any atom is -0.357 e. The van der Waals surface area contributed by atoms with E-state index in [2.05, 4.69) is 63.6 Å². The molecular formula is C26H32N6O. The van der Waals surface area contributed by atoms with Gasteiger partial charge in [0.2, 0.25) is 5.95 Å². The highest BCUT2D eigenvalue weighted by atomic mass is 16.2. The van der Waals surface area contributed by atoms with Crippen molar-refractivity contribution in [3.8, 4) is 0 Å². The van der Waals surface area contributed by atoms with Crippen LogP contribution in [0.1, 0.15) is 28.4 Å². The number of nitrogens with one attached hydrogen (secondary N) is 1. The highest BCUT2D eigenvalue weighted by molar-refractivity contribution is 6.09. The largest absolute Gasteiger partial charge is 0.357 e. The lowest BCUT2D eigenvalue weighted by Crippen LogP contribution is -2.33. The van der Waals surface area contributed by atoms with Gasteiger partial charge < -0.3 is 20.0 Å². The molecule has 1 N–H and O–H groups in total. The van der Waals surface area contributed by atoms with Gasteiger partial charge in [0.05, 0.1) is 0 Å². The van der Waals surface area contributed by atoms with Crippen LogP contribution in [0.3, 0.4) is 0 Å². The molecule has 2 heterocycles. The summed E-state index contributed by atoms with van der Waals surface area (Å²) in [6, 6.07) is 18.8. The number of nitrogens with zero attached hydrogens (tertiary/aromatic N) is 5. The molecule has 0 unspecified atom stereocenters. The van der Waals surface area contributed by atoms with Crippen molar-refractivity contribution >= 4 is 23.4 Å². The summed E-state index contributed by atoms with van der Waals surface area (Å²) in [6.07, 6.45) is 2.56. The zero-order chi connectivity index (χ0) is 23.2. The van der Waals surface area contributed by atoms with E-state index in [4.69, 9.17) is 0 Å². The van der Waals surface area contributed by atoms with Crippen molar-refractivity contribution in [1.82, 2.24) is 14.9 Å². The van der Waals surface area contributed by atoms with Crippen molar-refractivity contribution < 1.29 is 4.79 Å². The normalized spacial score (nSPS) is 13.8. The molecule has 0 saturated heterocycles. The maximum Gasteiger partial charge on any atom is 0.263 e. The molecule has 0 spiro atoms. The van der Waals surface area contributed by atoms with Gasteiger partial charge in [0.15, 0.2) is 0 Å². The second-order valence-electron chi connectivity index (χ2n) is 8.48. The Morgan fingerprint density at radius 2 is 1.85 bits per heavy atom. The Morgan fingerprint density at radius 1 is 1.06 bits per heavy atom. The summed E-state index contributed by atoms with van der Waals surface area (Å²) < 4.78 is 0. The minimum atomic E-state index is -0.0595. The van der Waals surface area contributed by atoms with Crippen molar-refractivity contribution in [2.45, 2.75) is 19.9 Å². The van der Waals surface area contributed by atoms with Crippen molar-refractivity contribution in [3.05, 3.63) is 77.5 Å². The van der Waals surface area contributed by atoms with E-state index in [0.717, 1.165) is 31.7 Å². The number of carbonyl (C=O) groups is 1. The van der Waals surface area contributed by atoms with Crippen molar-refractivity contribution in [2.75, 3.05) is 55.4 Å². The van der Waals surface area contributed by atoms with E-state index in [1.165, 1.54) is 11.1 Å². The summed E-state index contributed by atoms with van der Waals surface area (Å²) >= 11 is 0. The number of aromatic nitrogens is 2.